The molecule has 0 atom stereocenters. The molecule has 0 aliphatic heterocycles. The van der Waals surface area contributed by atoms with Crippen molar-refractivity contribution in [3.8, 4) is 5.75 Å². The van der Waals surface area contributed by atoms with E-state index >= 15 is 0 Å². The van der Waals surface area contributed by atoms with Gasteiger partial charge in [-0.2, -0.15) is 5.48 Å². The number of ether oxygens (including phenoxy) is 1. The van der Waals surface area contributed by atoms with E-state index in [0.717, 1.165) is 11.3 Å². The molecule has 0 aromatic heterocycles. The van der Waals surface area contributed by atoms with Gasteiger partial charge in [0.15, 0.2) is 0 Å². The number of methoxy groups -OCH3 is 1. The summed E-state index contributed by atoms with van der Waals surface area (Å²) in [5, 5.41) is 0. The molecule has 0 saturated heterocycles. The number of hydroxylamine groups is 1. The van der Waals surface area contributed by atoms with E-state index in [4.69, 9.17) is 44.4 Å². The van der Waals surface area contributed by atoms with Gasteiger partial charge in [-0.05, 0) is 17.7 Å². The summed E-state index contributed by atoms with van der Waals surface area (Å²) in [5.74, 6) is 0.785. The lowest BCUT2D eigenvalue weighted by atomic mass is 10.2. The molecule has 0 unspecified atom stereocenters. The normalized spacial score (nSPS) is 11.5. The van der Waals surface area contributed by atoms with Gasteiger partial charge in [0.2, 0.25) is 0 Å². The van der Waals surface area contributed by atoms with Crippen LogP contribution in [0.15, 0.2) is 24.3 Å². The van der Waals surface area contributed by atoms with Crippen molar-refractivity contribution in [3.05, 3.63) is 29.8 Å². The van der Waals surface area contributed by atoms with E-state index < -0.39 is 3.92 Å². The highest BCUT2D eigenvalue weighted by atomic mass is 35.6. The summed E-state index contributed by atoms with van der Waals surface area (Å²) in [6, 6.07) is 7.37. The van der Waals surface area contributed by atoms with Crippen molar-refractivity contribution in [3.63, 3.8) is 0 Å². The molecule has 0 amide bonds. The molecular formula is C9H10Cl3NO2. The maximum Gasteiger partial charge on any atom is 0.266 e. The smallest absolute Gasteiger partial charge is 0.266 e. The number of nitrogens with one attached hydrogen (secondary N) is 1. The molecular weight excluding hydrogens is 260 g/mol. The van der Waals surface area contributed by atoms with Gasteiger partial charge in [0.05, 0.1) is 13.7 Å². The van der Waals surface area contributed by atoms with Gasteiger partial charge in [0.1, 0.15) is 5.75 Å². The lowest BCUT2D eigenvalue weighted by Crippen LogP contribution is -2.28. The molecule has 0 aliphatic carbocycles. The summed E-state index contributed by atoms with van der Waals surface area (Å²) in [5.41, 5.74) is 3.21. The second kappa shape index (κ2) is 5.77. The van der Waals surface area contributed by atoms with E-state index in [0.29, 0.717) is 6.61 Å². The lowest BCUT2D eigenvalue weighted by Gasteiger charge is -2.12. The van der Waals surface area contributed by atoms with Crippen molar-refractivity contribution < 1.29 is 9.57 Å². The SMILES string of the molecule is COc1ccc(CONC(Cl)(Cl)Cl)cc1. The fourth-order valence-corrected chi connectivity index (χ4v) is 1.09. The highest BCUT2D eigenvalue weighted by molar-refractivity contribution is 6.67. The Kier molecular flexibility index (Phi) is 4.96. The highest BCUT2D eigenvalue weighted by Gasteiger charge is 2.18. The van der Waals surface area contributed by atoms with Crippen LogP contribution in [-0.4, -0.2) is 11.0 Å². The van der Waals surface area contributed by atoms with E-state index in [2.05, 4.69) is 5.48 Å². The Morgan fingerprint density at radius 3 is 2.27 bits per heavy atom. The van der Waals surface area contributed by atoms with Gasteiger partial charge in [0, 0.05) is 0 Å². The Hall–Kier alpha value is -0.190. The van der Waals surface area contributed by atoms with Crippen molar-refractivity contribution in [2.24, 2.45) is 0 Å². The molecule has 0 saturated carbocycles. The molecule has 0 spiro atoms. The Balaban J connectivity index is 2.38. The third kappa shape index (κ3) is 5.44. The second-order valence-electron chi connectivity index (χ2n) is 2.74. The molecule has 0 fully saturated rings. The Morgan fingerprint density at radius 2 is 1.80 bits per heavy atom. The number of rotatable bonds is 4. The van der Waals surface area contributed by atoms with Crippen molar-refractivity contribution in [1.82, 2.24) is 5.48 Å². The van der Waals surface area contributed by atoms with Crippen LogP contribution in [-0.2, 0) is 11.4 Å². The molecule has 1 aromatic rings. The summed E-state index contributed by atoms with van der Waals surface area (Å²) in [6.07, 6.45) is 0. The van der Waals surface area contributed by atoms with Gasteiger partial charge in [0.25, 0.3) is 3.92 Å². The molecule has 1 N–H and O–H groups in total. The van der Waals surface area contributed by atoms with Crippen LogP contribution in [0.5, 0.6) is 5.75 Å². The first kappa shape index (κ1) is 12.9. The van der Waals surface area contributed by atoms with Crippen LogP contribution in [0, 0.1) is 0 Å². The molecule has 6 heteroatoms. The van der Waals surface area contributed by atoms with Crippen molar-refractivity contribution in [2.75, 3.05) is 7.11 Å². The number of benzene rings is 1. The Morgan fingerprint density at radius 1 is 1.20 bits per heavy atom. The average Bonchev–Trinajstić information content (AvgIpc) is 2.17. The van der Waals surface area contributed by atoms with E-state index in [1.54, 1.807) is 7.11 Å². The number of hydrogen-bond donors (Lipinski definition) is 1. The van der Waals surface area contributed by atoms with Gasteiger partial charge in [-0.1, -0.05) is 46.9 Å². The maximum absolute atomic E-state index is 5.42. The molecule has 84 valence electrons. The zero-order valence-electron chi connectivity index (χ0n) is 7.97. The lowest BCUT2D eigenvalue weighted by molar-refractivity contribution is 0.0259. The predicted octanol–water partition coefficient (Wildman–Crippen LogP) is 3.04. The molecule has 15 heavy (non-hydrogen) atoms. The molecule has 3 nitrogen and oxygen atoms in total. The van der Waals surface area contributed by atoms with Gasteiger partial charge >= 0.3 is 0 Å². The van der Waals surface area contributed by atoms with Crippen LogP contribution in [0.1, 0.15) is 5.56 Å². The van der Waals surface area contributed by atoms with E-state index in [1.165, 1.54) is 0 Å². The van der Waals surface area contributed by atoms with Crippen LogP contribution in [0.2, 0.25) is 0 Å². The van der Waals surface area contributed by atoms with Crippen molar-refractivity contribution in [1.29, 1.82) is 0 Å². The summed E-state index contributed by atoms with van der Waals surface area (Å²) in [6.45, 7) is 0.303. The summed E-state index contributed by atoms with van der Waals surface area (Å²) >= 11 is 16.3. The van der Waals surface area contributed by atoms with Crippen LogP contribution < -0.4 is 10.2 Å². The number of alkyl halides is 3. The molecule has 1 rings (SSSR count). The second-order valence-corrected chi connectivity index (χ2v) is 5.02. The zero-order valence-corrected chi connectivity index (χ0v) is 10.2. The quantitative estimate of drug-likeness (QED) is 0.518. The van der Waals surface area contributed by atoms with Crippen LogP contribution in [0.3, 0.4) is 0 Å². The predicted molar refractivity (Wildman–Crippen MR) is 61.2 cm³/mol. The first-order valence-electron chi connectivity index (χ1n) is 4.10. The highest BCUT2D eigenvalue weighted by Crippen LogP contribution is 2.22. The Labute approximate surface area is 103 Å². The van der Waals surface area contributed by atoms with Gasteiger partial charge in [-0.3, -0.25) is 4.84 Å². The van der Waals surface area contributed by atoms with Crippen LogP contribution in [0.25, 0.3) is 0 Å². The average molecular weight is 271 g/mol. The third-order valence-electron chi connectivity index (χ3n) is 1.59. The summed E-state index contributed by atoms with van der Waals surface area (Å²) in [4.78, 5) is 4.97. The summed E-state index contributed by atoms with van der Waals surface area (Å²) in [7, 11) is 1.61. The molecule has 0 radical (unpaired) electrons. The molecule has 0 aliphatic rings. The van der Waals surface area contributed by atoms with E-state index in [1.807, 2.05) is 24.3 Å². The minimum Gasteiger partial charge on any atom is -0.497 e. The fourth-order valence-electron chi connectivity index (χ4n) is 0.923. The van der Waals surface area contributed by atoms with Crippen molar-refractivity contribution in [2.45, 2.75) is 10.5 Å². The fraction of sp³-hybridized carbons (Fsp3) is 0.333. The minimum atomic E-state index is -1.60. The first-order chi connectivity index (χ1) is 7.01. The topological polar surface area (TPSA) is 30.5 Å². The third-order valence-corrected chi connectivity index (χ3v) is 1.82. The van der Waals surface area contributed by atoms with Crippen molar-refractivity contribution >= 4 is 34.8 Å². The monoisotopic (exact) mass is 269 g/mol. The standard InChI is InChI=1S/C9H10Cl3NO2/c1-14-8-4-2-7(3-5-8)6-15-13-9(10,11)12/h2-5,13H,6H2,1H3. The zero-order chi connectivity index (χ0) is 11.3. The minimum absolute atomic E-state index is 0.303. The van der Waals surface area contributed by atoms with E-state index in [9.17, 15) is 0 Å². The first-order valence-corrected chi connectivity index (χ1v) is 5.23. The Bertz CT molecular complexity index is 297. The van der Waals surface area contributed by atoms with Gasteiger partial charge in [-0.25, -0.2) is 0 Å². The van der Waals surface area contributed by atoms with Gasteiger partial charge in [-0.15, -0.1) is 0 Å². The van der Waals surface area contributed by atoms with Gasteiger partial charge < -0.3 is 4.74 Å². The van der Waals surface area contributed by atoms with Crippen LogP contribution >= 0.6 is 34.8 Å². The van der Waals surface area contributed by atoms with E-state index in [-0.39, 0.29) is 0 Å². The van der Waals surface area contributed by atoms with Crippen LogP contribution in [0.4, 0.5) is 0 Å². The molecule has 0 bridgehead atoms. The number of hydrogen-bond acceptors (Lipinski definition) is 3. The molecule has 1 aromatic carbocycles. The maximum atomic E-state index is 5.42. The largest absolute Gasteiger partial charge is 0.497 e. The number of halogens is 3. The summed E-state index contributed by atoms with van der Waals surface area (Å²) < 4.78 is 3.40. The molecule has 0 heterocycles.